The molecule has 136 valence electrons. The number of likely N-dealkylation sites (tertiary alicyclic amines) is 1. The maximum absolute atomic E-state index is 11.6. The maximum Gasteiger partial charge on any atom is 0.217 e. The molecule has 0 bridgehead atoms. The zero-order chi connectivity index (χ0) is 17.2. The van der Waals surface area contributed by atoms with Gasteiger partial charge in [-0.05, 0) is 55.1 Å². The summed E-state index contributed by atoms with van der Waals surface area (Å²) in [5.41, 5.74) is 1.28. The third kappa shape index (κ3) is 4.39. The molecule has 1 saturated heterocycles. The van der Waals surface area contributed by atoms with E-state index in [4.69, 9.17) is 4.74 Å². The van der Waals surface area contributed by atoms with Crippen LogP contribution in [-0.4, -0.2) is 47.6 Å². The van der Waals surface area contributed by atoms with Gasteiger partial charge in [-0.2, -0.15) is 0 Å². The number of ether oxygens (including phenoxy) is 1. The molecule has 4 atom stereocenters. The Morgan fingerprint density at radius 2 is 2.12 bits per heavy atom. The first-order valence-electron chi connectivity index (χ1n) is 9.67. The van der Waals surface area contributed by atoms with E-state index in [0.29, 0.717) is 11.8 Å². The van der Waals surface area contributed by atoms with Crippen molar-refractivity contribution in [2.45, 2.75) is 51.3 Å². The van der Waals surface area contributed by atoms with Crippen LogP contribution in [0.4, 0.5) is 0 Å². The molecule has 1 aromatic rings. The van der Waals surface area contributed by atoms with Crippen molar-refractivity contribution < 1.29 is 9.53 Å². The Balaban J connectivity index is 1.37. The van der Waals surface area contributed by atoms with E-state index in [2.05, 4.69) is 21.3 Å². The van der Waals surface area contributed by atoms with E-state index in [1.807, 2.05) is 18.5 Å². The number of carbonyl (C=O) groups is 1. The smallest absolute Gasteiger partial charge is 0.217 e. The first kappa shape index (κ1) is 17.0. The van der Waals surface area contributed by atoms with Crippen LogP contribution in [0.25, 0.3) is 0 Å². The van der Waals surface area contributed by atoms with Crippen LogP contribution in [-0.2, 0) is 16.1 Å². The van der Waals surface area contributed by atoms with Gasteiger partial charge in [-0.1, -0.05) is 6.07 Å². The van der Waals surface area contributed by atoms with E-state index < -0.39 is 0 Å². The van der Waals surface area contributed by atoms with Crippen LogP contribution in [0.15, 0.2) is 24.5 Å². The summed E-state index contributed by atoms with van der Waals surface area (Å²) < 4.78 is 6.24. The first-order valence-corrected chi connectivity index (χ1v) is 9.67. The molecule has 0 radical (unpaired) electrons. The molecule has 1 N–H and O–H groups in total. The highest BCUT2D eigenvalue weighted by Crippen LogP contribution is 2.39. The number of nitrogens with one attached hydrogen (secondary N) is 1. The standard InChI is InChI=1S/C20H29N3O2/c1-14(24)22-19-7-17-11-23(10-16-3-2-6-21-9-16)12-18(17)8-20(19)25-13-15-4-5-15/h2-3,6,9,15,17-20H,4-5,7-8,10-13H2,1H3,(H,22,24)/t17-,18+,19-,20-/m1/s1. The van der Waals surface area contributed by atoms with Gasteiger partial charge in [0.05, 0.1) is 12.1 Å². The van der Waals surface area contributed by atoms with Crippen molar-refractivity contribution in [1.82, 2.24) is 15.2 Å². The minimum Gasteiger partial charge on any atom is -0.376 e. The van der Waals surface area contributed by atoms with E-state index in [-0.39, 0.29) is 18.1 Å². The Morgan fingerprint density at radius 3 is 2.80 bits per heavy atom. The SMILES string of the molecule is CC(=O)N[C@@H]1C[C@@H]2CN(Cc3cccnc3)C[C@@H]2C[C@H]1OCC1CC1. The molecule has 2 heterocycles. The van der Waals surface area contributed by atoms with Gasteiger partial charge in [0.2, 0.25) is 5.91 Å². The van der Waals surface area contributed by atoms with Crippen LogP contribution in [0.3, 0.4) is 0 Å². The molecule has 2 saturated carbocycles. The highest BCUT2D eigenvalue weighted by molar-refractivity contribution is 5.73. The van der Waals surface area contributed by atoms with E-state index in [1.54, 1.807) is 6.92 Å². The molecule has 1 aromatic heterocycles. The second-order valence-electron chi connectivity index (χ2n) is 8.17. The number of nitrogens with zero attached hydrogens (tertiary/aromatic N) is 2. The molecule has 1 aliphatic heterocycles. The van der Waals surface area contributed by atoms with Crippen molar-refractivity contribution in [3.05, 3.63) is 30.1 Å². The molecular formula is C20H29N3O2. The molecule has 2 aliphatic carbocycles. The molecule has 4 rings (SSSR count). The highest BCUT2D eigenvalue weighted by atomic mass is 16.5. The summed E-state index contributed by atoms with van der Waals surface area (Å²) in [7, 11) is 0. The zero-order valence-electron chi connectivity index (χ0n) is 15.1. The number of hydrogen-bond donors (Lipinski definition) is 1. The predicted molar refractivity (Wildman–Crippen MR) is 95.8 cm³/mol. The fourth-order valence-corrected chi connectivity index (χ4v) is 4.53. The second-order valence-corrected chi connectivity index (χ2v) is 8.17. The summed E-state index contributed by atoms with van der Waals surface area (Å²) in [4.78, 5) is 18.4. The van der Waals surface area contributed by atoms with Crippen molar-refractivity contribution in [3.63, 3.8) is 0 Å². The number of rotatable bonds is 6. The van der Waals surface area contributed by atoms with Gasteiger partial charge < -0.3 is 10.1 Å². The fourth-order valence-electron chi connectivity index (χ4n) is 4.53. The van der Waals surface area contributed by atoms with Gasteiger partial charge in [0.1, 0.15) is 0 Å². The van der Waals surface area contributed by atoms with Gasteiger partial charge in [0.25, 0.3) is 0 Å². The van der Waals surface area contributed by atoms with Crippen LogP contribution in [0, 0.1) is 17.8 Å². The molecule has 1 amide bonds. The van der Waals surface area contributed by atoms with E-state index in [0.717, 1.165) is 45.0 Å². The topological polar surface area (TPSA) is 54.5 Å². The number of fused-ring (bicyclic) bond motifs is 1. The largest absolute Gasteiger partial charge is 0.376 e. The average molecular weight is 343 g/mol. The molecule has 0 spiro atoms. The van der Waals surface area contributed by atoms with Crippen molar-refractivity contribution in [2.75, 3.05) is 19.7 Å². The Kier molecular flexibility index (Phi) is 5.04. The van der Waals surface area contributed by atoms with E-state index in [1.165, 1.54) is 18.4 Å². The van der Waals surface area contributed by atoms with Gasteiger partial charge in [-0.25, -0.2) is 0 Å². The lowest BCUT2D eigenvalue weighted by molar-refractivity contribution is -0.122. The lowest BCUT2D eigenvalue weighted by Gasteiger charge is -2.38. The quantitative estimate of drug-likeness (QED) is 0.860. The Hall–Kier alpha value is -1.46. The first-order chi connectivity index (χ1) is 12.2. The number of pyridine rings is 1. The molecule has 0 aromatic carbocycles. The molecule has 0 unspecified atom stereocenters. The monoisotopic (exact) mass is 343 g/mol. The van der Waals surface area contributed by atoms with Gasteiger partial charge in [-0.3, -0.25) is 14.7 Å². The van der Waals surface area contributed by atoms with Gasteiger partial charge in [-0.15, -0.1) is 0 Å². The fraction of sp³-hybridized carbons (Fsp3) is 0.700. The van der Waals surface area contributed by atoms with Crippen LogP contribution in [0.1, 0.15) is 38.2 Å². The molecular weight excluding hydrogens is 314 g/mol. The summed E-state index contributed by atoms with van der Waals surface area (Å²) in [5.74, 6) is 2.18. The van der Waals surface area contributed by atoms with E-state index in [9.17, 15) is 4.79 Å². The molecule has 3 fully saturated rings. The number of hydrogen-bond acceptors (Lipinski definition) is 4. The zero-order valence-corrected chi connectivity index (χ0v) is 15.1. The third-order valence-electron chi connectivity index (χ3n) is 5.95. The maximum atomic E-state index is 11.6. The second kappa shape index (κ2) is 7.42. The van der Waals surface area contributed by atoms with Crippen LogP contribution >= 0.6 is 0 Å². The van der Waals surface area contributed by atoms with Gasteiger partial charge >= 0.3 is 0 Å². The lowest BCUT2D eigenvalue weighted by atomic mass is 9.77. The van der Waals surface area contributed by atoms with Crippen LogP contribution in [0.2, 0.25) is 0 Å². The predicted octanol–water partition coefficient (Wildman–Crippen LogP) is 2.22. The Bertz CT molecular complexity index is 590. The van der Waals surface area contributed by atoms with Gasteiger partial charge in [0.15, 0.2) is 0 Å². The number of amides is 1. The molecule has 5 heteroatoms. The summed E-state index contributed by atoms with van der Waals surface area (Å²) in [5, 5.41) is 3.16. The summed E-state index contributed by atoms with van der Waals surface area (Å²) in [6.07, 6.45) is 8.71. The highest BCUT2D eigenvalue weighted by Gasteiger charge is 2.43. The average Bonchev–Trinajstić information content (AvgIpc) is 3.33. The minimum absolute atomic E-state index is 0.0636. The van der Waals surface area contributed by atoms with Crippen molar-refractivity contribution >= 4 is 5.91 Å². The van der Waals surface area contributed by atoms with Crippen LogP contribution < -0.4 is 5.32 Å². The van der Waals surface area contributed by atoms with Crippen molar-refractivity contribution in [1.29, 1.82) is 0 Å². The summed E-state index contributed by atoms with van der Waals surface area (Å²) in [6.45, 7) is 5.71. The normalized spacial score (nSPS) is 32.4. The molecule has 3 aliphatic rings. The van der Waals surface area contributed by atoms with Crippen LogP contribution in [0.5, 0.6) is 0 Å². The van der Waals surface area contributed by atoms with Crippen molar-refractivity contribution in [2.24, 2.45) is 17.8 Å². The summed E-state index contributed by atoms with van der Waals surface area (Å²) in [6, 6.07) is 4.33. The third-order valence-corrected chi connectivity index (χ3v) is 5.95. The Morgan fingerprint density at radius 1 is 1.32 bits per heavy atom. The molecule has 5 nitrogen and oxygen atoms in total. The lowest BCUT2D eigenvalue weighted by Crippen LogP contribution is -2.50. The minimum atomic E-state index is 0.0636. The van der Waals surface area contributed by atoms with E-state index >= 15 is 0 Å². The number of aromatic nitrogens is 1. The Labute approximate surface area is 150 Å². The van der Waals surface area contributed by atoms with Gasteiger partial charge in [0, 0.05) is 45.6 Å². The van der Waals surface area contributed by atoms with Crippen molar-refractivity contribution in [3.8, 4) is 0 Å². The number of carbonyl (C=O) groups excluding carboxylic acids is 1. The summed E-state index contributed by atoms with van der Waals surface area (Å²) >= 11 is 0. The molecule has 25 heavy (non-hydrogen) atoms.